The lowest BCUT2D eigenvalue weighted by Gasteiger charge is -2.26. The third kappa shape index (κ3) is 3.56. The fourth-order valence-corrected chi connectivity index (χ4v) is 3.77. The van der Waals surface area contributed by atoms with Gasteiger partial charge in [0.05, 0.1) is 34.6 Å². The Morgan fingerprint density at radius 2 is 1.96 bits per heavy atom. The Morgan fingerprint density at radius 3 is 2.64 bits per heavy atom. The fourth-order valence-electron chi connectivity index (χ4n) is 2.91. The van der Waals surface area contributed by atoms with Crippen molar-refractivity contribution in [2.75, 3.05) is 10.7 Å². The predicted octanol–water partition coefficient (Wildman–Crippen LogP) is 4.58. The third-order valence-electron chi connectivity index (χ3n) is 4.34. The van der Waals surface area contributed by atoms with Crippen molar-refractivity contribution in [3.8, 4) is 17.2 Å². The van der Waals surface area contributed by atoms with Gasteiger partial charge in [-0.15, -0.1) is 10.2 Å². The number of hydrogen-bond donors (Lipinski definition) is 1. The molecule has 6 nitrogen and oxygen atoms in total. The van der Waals surface area contributed by atoms with Crippen LogP contribution in [0.2, 0.25) is 5.02 Å². The van der Waals surface area contributed by atoms with Crippen molar-refractivity contribution in [2.24, 2.45) is 0 Å². The first-order valence-electron chi connectivity index (χ1n) is 8.39. The number of nitrogens with zero attached hydrogens (tertiary/aromatic N) is 5. The standard InChI is InChI=1S/C20H15ClN6S/c21-19-7-14(1-4-20(19)23)10-27(26-12-24-25-13-26)17-3-2-15(9-22)18(8-17)16-5-6-28-11-16/h1-8,11-13H,10,23H2. The molecule has 0 aliphatic rings. The molecule has 2 aromatic carbocycles. The molecule has 2 N–H and O–H groups in total. The highest BCUT2D eigenvalue weighted by atomic mass is 35.5. The molecule has 138 valence electrons. The first-order chi connectivity index (χ1) is 13.7. The molecule has 2 heterocycles. The van der Waals surface area contributed by atoms with Crippen molar-refractivity contribution in [2.45, 2.75) is 6.54 Å². The first-order valence-corrected chi connectivity index (χ1v) is 9.71. The van der Waals surface area contributed by atoms with E-state index in [0.717, 1.165) is 22.4 Å². The van der Waals surface area contributed by atoms with Gasteiger partial charge in [0.2, 0.25) is 0 Å². The molecule has 0 atom stereocenters. The molecule has 0 fully saturated rings. The van der Waals surface area contributed by atoms with Crippen LogP contribution in [0.1, 0.15) is 11.1 Å². The van der Waals surface area contributed by atoms with E-state index in [2.05, 4.69) is 16.3 Å². The average Bonchev–Trinajstić information content (AvgIpc) is 3.42. The van der Waals surface area contributed by atoms with Gasteiger partial charge in [0.25, 0.3) is 0 Å². The number of nitrogens with two attached hydrogens (primary N) is 1. The SMILES string of the molecule is N#Cc1ccc(N(Cc2ccc(N)c(Cl)c2)n2cnnc2)cc1-c1ccsc1. The van der Waals surface area contributed by atoms with Gasteiger partial charge in [0.15, 0.2) is 0 Å². The minimum Gasteiger partial charge on any atom is -0.398 e. The number of thiophene rings is 1. The Morgan fingerprint density at radius 1 is 1.14 bits per heavy atom. The lowest BCUT2D eigenvalue weighted by molar-refractivity contribution is 0.686. The summed E-state index contributed by atoms with van der Waals surface area (Å²) in [5, 5.41) is 23.9. The number of anilines is 2. The number of halogens is 1. The molecule has 0 spiro atoms. The van der Waals surface area contributed by atoms with E-state index >= 15 is 0 Å². The van der Waals surface area contributed by atoms with Crippen molar-refractivity contribution in [3.63, 3.8) is 0 Å². The summed E-state index contributed by atoms with van der Waals surface area (Å²) >= 11 is 7.79. The molecule has 0 aliphatic carbocycles. The van der Waals surface area contributed by atoms with E-state index in [1.807, 2.05) is 52.2 Å². The Hall–Kier alpha value is -3.34. The maximum atomic E-state index is 9.51. The summed E-state index contributed by atoms with van der Waals surface area (Å²) in [6, 6.07) is 15.6. The zero-order chi connectivity index (χ0) is 19.5. The zero-order valence-electron chi connectivity index (χ0n) is 14.7. The summed E-state index contributed by atoms with van der Waals surface area (Å²) in [5.41, 5.74) is 10.8. The first kappa shape index (κ1) is 18.0. The Bertz CT molecular complexity index is 1130. The predicted molar refractivity (Wildman–Crippen MR) is 112 cm³/mol. The Kier molecular flexibility index (Phi) is 4.98. The molecule has 4 aromatic rings. The van der Waals surface area contributed by atoms with Crippen LogP contribution in [0.3, 0.4) is 0 Å². The van der Waals surface area contributed by atoms with E-state index in [-0.39, 0.29) is 0 Å². The molecular weight excluding hydrogens is 392 g/mol. The second kappa shape index (κ2) is 7.72. The highest BCUT2D eigenvalue weighted by Crippen LogP contribution is 2.31. The van der Waals surface area contributed by atoms with Crippen LogP contribution in [-0.4, -0.2) is 14.9 Å². The highest BCUT2D eigenvalue weighted by molar-refractivity contribution is 7.08. The molecule has 0 aliphatic heterocycles. The monoisotopic (exact) mass is 406 g/mol. The Balaban J connectivity index is 1.78. The maximum Gasteiger partial charge on any atom is 0.139 e. The van der Waals surface area contributed by atoms with E-state index in [1.54, 1.807) is 34.7 Å². The van der Waals surface area contributed by atoms with Crippen molar-refractivity contribution in [1.29, 1.82) is 5.26 Å². The summed E-state index contributed by atoms with van der Waals surface area (Å²) in [7, 11) is 0. The summed E-state index contributed by atoms with van der Waals surface area (Å²) in [6.07, 6.45) is 3.25. The molecule has 0 radical (unpaired) electrons. The van der Waals surface area contributed by atoms with Crippen molar-refractivity contribution in [3.05, 3.63) is 82.0 Å². The van der Waals surface area contributed by atoms with Gasteiger partial charge in [0, 0.05) is 5.56 Å². The van der Waals surface area contributed by atoms with Crippen LogP contribution in [-0.2, 0) is 6.54 Å². The maximum absolute atomic E-state index is 9.51. The molecule has 8 heteroatoms. The van der Waals surface area contributed by atoms with Gasteiger partial charge < -0.3 is 5.73 Å². The molecule has 0 unspecified atom stereocenters. The van der Waals surface area contributed by atoms with Gasteiger partial charge in [-0.2, -0.15) is 16.6 Å². The summed E-state index contributed by atoms with van der Waals surface area (Å²) in [5.74, 6) is 0. The molecule has 28 heavy (non-hydrogen) atoms. The lowest BCUT2D eigenvalue weighted by Crippen LogP contribution is -2.28. The van der Waals surface area contributed by atoms with Crippen LogP contribution in [0.15, 0.2) is 65.9 Å². The van der Waals surface area contributed by atoms with Gasteiger partial charge in [-0.25, -0.2) is 4.68 Å². The minimum atomic E-state index is 0.514. The molecule has 0 saturated carbocycles. The third-order valence-corrected chi connectivity index (χ3v) is 5.35. The van der Waals surface area contributed by atoms with Gasteiger partial charge in [-0.05, 0) is 58.3 Å². The van der Waals surface area contributed by atoms with Crippen LogP contribution in [0.25, 0.3) is 11.1 Å². The fraction of sp³-hybridized carbons (Fsp3) is 0.0500. The smallest absolute Gasteiger partial charge is 0.139 e. The topological polar surface area (TPSA) is 83.8 Å². The molecular formula is C20H15ClN6S. The van der Waals surface area contributed by atoms with E-state index in [9.17, 15) is 5.26 Å². The van der Waals surface area contributed by atoms with Crippen molar-refractivity contribution in [1.82, 2.24) is 14.9 Å². The molecule has 0 amide bonds. The zero-order valence-corrected chi connectivity index (χ0v) is 16.2. The number of aromatic nitrogens is 3. The quantitative estimate of drug-likeness (QED) is 0.490. The summed E-state index contributed by atoms with van der Waals surface area (Å²) in [4.78, 5) is 0. The normalized spacial score (nSPS) is 10.6. The highest BCUT2D eigenvalue weighted by Gasteiger charge is 2.14. The van der Waals surface area contributed by atoms with Gasteiger partial charge in [0.1, 0.15) is 12.7 Å². The van der Waals surface area contributed by atoms with Gasteiger partial charge >= 0.3 is 0 Å². The van der Waals surface area contributed by atoms with Gasteiger partial charge in [-0.1, -0.05) is 17.7 Å². The van der Waals surface area contributed by atoms with E-state index in [0.29, 0.717) is 22.8 Å². The number of nitrogen functional groups attached to an aromatic ring is 1. The van der Waals surface area contributed by atoms with Crippen molar-refractivity contribution >= 4 is 34.3 Å². The van der Waals surface area contributed by atoms with E-state index < -0.39 is 0 Å². The molecule has 0 saturated heterocycles. The van der Waals surface area contributed by atoms with Crippen LogP contribution in [0.5, 0.6) is 0 Å². The van der Waals surface area contributed by atoms with Crippen molar-refractivity contribution < 1.29 is 0 Å². The lowest BCUT2D eigenvalue weighted by atomic mass is 10.0. The molecule has 2 aromatic heterocycles. The number of nitriles is 1. The van der Waals surface area contributed by atoms with Crippen LogP contribution in [0.4, 0.5) is 11.4 Å². The average molecular weight is 407 g/mol. The van der Waals surface area contributed by atoms with Gasteiger partial charge in [-0.3, -0.25) is 5.01 Å². The number of hydrogen-bond acceptors (Lipinski definition) is 6. The van der Waals surface area contributed by atoms with Crippen LogP contribution < -0.4 is 10.7 Å². The van der Waals surface area contributed by atoms with E-state index in [4.69, 9.17) is 17.3 Å². The second-order valence-electron chi connectivity index (χ2n) is 6.11. The van der Waals surface area contributed by atoms with E-state index in [1.165, 1.54) is 0 Å². The van der Waals surface area contributed by atoms with Crippen LogP contribution in [0, 0.1) is 11.3 Å². The largest absolute Gasteiger partial charge is 0.398 e. The molecule has 4 rings (SSSR count). The second-order valence-corrected chi connectivity index (χ2v) is 7.30. The Labute approximate surface area is 171 Å². The minimum absolute atomic E-state index is 0.514. The number of rotatable bonds is 5. The van der Waals surface area contributed by atoms with Crippen LogP contribution >= 0.6 is 22.9 Å². The summed E-state index contributed by atoms with van der Waals surface area (Å²) in [6.45, 7) is 0.521. The summed E-state index contributed by atoms with van der Waals surface area (Å²) < 4.78 is 1.79. The molecule has 0 bridgehead atoms. The number of benzene rings is 2.